The van der Waals surface area contributed by atoms with Crippen LogP contribution in [0.1, 0.15) is 11.1 Å². The third-order valence-electron chi connectivity index (χ3n) is 2.15. The molecule has 0 amide bonds. The summed E-state index contributed by atoms with van der Waals surface area (Å²) < 4.78 is 0. The maximum atomic E-state index is 11.0. The Kier molecular flexibility index (Phi) is 5.88. The zero-order valence-electron chi connectivity index (χ0n) is 8.08. The van der Waals surface area contributed by atoms with Gasteiger partial charge in [0.25, 0.3) is 0 Å². The van der Waals surface area contributed by atoms with E-state index >= 15 is 0 Å². The number of halogens is 2. The first-order valence-electron chi connectivity index (χ1n) is 4.57. The third kappa shape index (κ3) is 3.58. The molecule has 0 heterocycles. The van der Waals surface area contributed by atoms with Gasteiger partial charge in [0, 0.05) is 11.8 Å². The number of alkyl halides is 2. The molecule has 0 aliphatic rings. The summed E-state index contributed by atoms with van der Waals surface area (Å²) in [6, 6.07) is 5.23. The zero-order chi connectivity index (χ0) is 11.3. The summed E-state index contributed by atoms with van der Waals surface area (Å²) in [6.45, 7) is 0. The van der Waals surface area contributed by atoms with Crippen molar-refractivity contribution < 1.29 is 9.79 Å². The highest BCUT2D eigenvalue weighted by Crippen LogP contribution is 2.20. The first kappa shape index (κ1) is 13.2. The van der Waals surface area contributed by atoms with Crippen LogP contribution in [-0.2, 0) is 12.8 Å². The van der Waals surface area contributed by atoms with Gasteiger partial charge >= 0.3 is 0 Å². The van der Waals surface area contributed by atoms with Gasteiger partial charge in [0.05, 0.1) is 0 Å². The van der Waals surface area contributed by atoms with Crippen LogP contribution in [0.3, 0.4) is 0 Å². The van der Waals surface area contributed by atoms with E-state index in [9.17, 15) is 9.79 Å². The molecule has 1 aromatic rings. The van der Waals surface area contributed by atoms with Gasteiger partial charge in [-0.15, -0.1) is 23.2 Å². The summed E-state index contributed by atoms with van der Waals surface area (Å²) in [5.41, 5.74) is 1.78. The molecule has 0 fully saturated rings. The van der Waals surface area contributed by atoms with Gasteiger partial charge in [-0.05, 0) is 24.0 Å². The SMILES string of the molecule is [O-]P([O-])c1cccc(CCCl)c1CCCl. The molecular formula is C10H11Cl2O2P-2. The van der Waals surface area contributed by atoms with Crippen molar-refractivity contribution in [2.24, 2.45) is 0 Å². The molecule has 0 radical (unpaired) electrons. The van der Waals surface area contributed by atoms with Crippen LogP contribution in [0.4, 0.5) is 0 Å². The summed E-state index contributed by atoms with van der Waals surface area (Å²) in [7, 11) is -2.56. The lowest BCUT2D eigenvalue weighted by Gasteiger charge is -2.34. The van der Waals surface area contributed by atoms with Crippen molar-refractivity contribution in [2.75, 3.05) is 11.8 Å². The molecule has 0 aliphatic heterocycles. The lowest BCUT2D eigenvalue weighted by molar-refractivity contribution is -0.287. The second-order valence-corrected chi connectivity index (χ2v) is 4.80. The minimum atomic E-state index is -2.56. The summed E-state index contributed by atoms with van der Waals surface area (Å²) >= 11 is 11.3. The Labute approximate surface area is 101 Å². The number of hydrogen-bond acceptors (Lipinski definition) is 2. The molecule has 0 atom stereocenters. The van der Waals surface area contributed by atoms with Gasteiger partial charge in [0.2, 0.25) is 0 Å². The van der Waals surface area contributed by atoms with E-state index in [1.165, 1.54) is 0 Å². The molecule has 0 N–H and O–H groups in total. The standard InChI is InChI=1S/C10H11Cl2O2P/c11-6-4-8-2-1-3-10(15(13)14)9(8)5-7-12/h1-3H,4-7H2/q-2. The first-order chi connectivity index (χ1) is 7.20. The molecule has 1 aromatic carbocycles. The predicted octanol–water partition coefficient (Wildman–Crippen LogP) is 0.907. The van der Waals surface area contributed by atoms with Gasteiger partial charge < -0.3 is 9.79 Å². The van der Waals surface area contributed by atoms with Crippen molar-refractivity contribution in [1.29, 1.82) is 0 Å². The van der Waals surface area contributed by atoms with Crippen LogP contribution in [0.25, 0.3) is 0 Å². The molecule has 1 rings (SSSR count). The average molecular weight is 265 g/mol. The van der Waals surface area contributed by atoms with Crippen molar-refractivity contribution in [3.05, 3.63) is 29.3 Å². The Morgan fingerprint density at radius 3 is 2.27 bits per heavy atom. The third-order valence-corrected chi connectivity index (χ3v) is 3.34. The quantitative estimate of drug-likeness (QED) is 0.586. The first-order valence-corrected chi connectivity index (χ1v) is 6.82. The lowest BCUT2D eigenvalue weighted by atomic mass is 10.0. The summed E-state index contributed by atoms with van der Waals surface area (Å²) in [4.78, 5) is 22.0. The Morgan fingerprint density at radius 1 is 1.07 bits per heavy atom. The van der Waals surface area contributed by atoms with Crippen molar-refractivity contribution in [3.8, 4) is 0 Å². The Bertz CT molecular complexity index is 318. The van der Waals surface area contributed by atoms with E-state index in [2.05, 4.69) is 0 Å². The van der Waals surface area contributed by atoms with Crippen LogP contribution in [0.15, 0.2) is 18.2 Å². The van der Waals surface area contributed by atoms with E-state index in [0.29, 0.717) is 29.9 Å². The number of aryl methyl sites for hydroxylation is 1. The van der Waals surface area contributed by atoms with Gasteiger partial charge in [0.15, 0.2) is 0 Å². The Balaban J connectivity index is 3.09. The molecule has 5 heteroatoms. The van der Waals surface area contributed by atoms with Crippen LogP contribution < -0.4 is 15.1 Å². The average Bonchev–Trinajstić information content (AvgIpc) is 2.21. The maximum Gasteiger partial charge on any atom is 0.0264 e. The topological polar surface area (TPSA) is 46.1 Å². The second kappa shape index (κ2) is 6.67. The summed E-state index contributed by atoms with van der Waals surface area (Å²) in [5.74, 6) is 0.893. The molecular weight excluding hydrogens is 254 g/mol. The van der Waals surface area contributed by atoms with Crippen LogP contribution in [0.5, 0.6) is 0 Å². The van der Waals surface area contributed by atoms with E-state index in [0.717, 1.165) is 11.1 Å². The predicted molar refractivity (Wildman–Crippen MR) is 61.8 cm³/mol. The van der Waals surface area contributed by atoms with E-state index < -0.39 is 8.38 Å². The molecule has 15 heavy (non-hydrogen) atoms. The number of hydrogen-bond donors (Lipinski definition) is 0. The van der Waals surface area contributed by atoms with Gasteiger partial charge in [0.1, 0.15) is 0 Å². The fourth-order valence-electron chi connectivity index (χ4n) is 1.51. The largest absolute Gasteiger partial charge is 0.838 e. The van der Waals surface area contributed by atoms with E-state index in [-0.39, 0.29) is 0 Å². The Morgan fingerprint density at radius 2 is 1.73 bits per heavy atom. The zero-order valence-corrected chi connectivity index (χ0v) is 10.5. The molecule has 84 valence electrons. The molecule has 0 aliphatic carbocycles. The fourth-order valence-corrected chi connectivity index (χ4v) is 2.59. The summed E-state index contributed by atoms with van der Waals surface area (Å²) in [5, 5.41) is 0.369. The normalized spacial score (nSPS) is 11.0. The maximum absolute atomic E-state index is 11.0. The van der Waals surface area contributed by atoms with Crippen LogP contribution in [0.2, 0.25) is 0 Å². The van der Waals surface area contributed by atoms with Crippen molar-refractivity contribution in [2.45, 2.75) is 12.8 Å². The van der Waals surface area contributed by atoms with Gasteiger partial charge in [-0.3, -0.25) is 8.38 Å². The number of benzene rings is 1. The molecule has 0 unspecified atom stereocenters. The summed E-state index contributed by atoms with van der Waals surface area (Å²) in [6.07, 6.45) is 1.23. The highest BCUT2D eigenvalue weighted by molar-refractivity contribution is 7.51. The molecule has 0 aromatic heterocycles. The highest BCUT2D eigenvalue weighted by atomic mass is 35.5. The monoisotopic (exact) mass is 264 g/mol. The minimum Gasteiger partial charge on any atom is -0.838 e. The van der Waals surface area contributed by atoms with E-state index in [4.69, 9.17) is 23.2 Å². The smallest absolute Gasteiger partial charge is 0.0264 e. The molecule has 0 spiro atoms. The van der Waals surface area contributed by atoms with Crippen molar-refractivity contribution in [1.82, 2.24) is 0 Å². The second-order valence-electron chi connectivity index (χ2n) is 3.05. The highest BCUT2D eigenvalue weighted by Gasteiger charge is 2.05. The number of rotatable bonds is 5. The Hall–Kier alpha value is 0.150. The van der Waals surface area contributed by atoms with Gasteiger partial charge in [-0.25, -0.2) is 0 Å². The molecule has 0 bridgehead atoms. The van der Waals surface area contributed by atoms with Crippen molar-refractivity contribution >= 4 is 36.9 Å². The van der Waals surface area contributed by atoms with Crippen molar-refractivity contribution in [3.63, 3.8) is 0 Å². The molecule has 0 saturated heterocycles. The lowest BCUT2D eigenvalue weighted by Crippen LogP contribution is -2.24. The van der Waals surface area contributed by atoms with E-state index in [1.54, 1.807) is 12.1 Å². The van der Waals surface area contributed by atoms with E-state index in [1.807, 2.05) is 6.07 Å². The molecule has 0 saturated carbocycles. The van der Waals surface area contributed by atoms with Crippen LogP contribution >= 0.6 is 31.6 Å². The fraction of sp³-hybridized carbons (Fsp3) is 0.400. The van der Waals surface area contributed by atoms with Crippen LogP contribution in [-0.4, -0.2) is 11.8 Å². The minimum absolute atomic E-state index is 0.369. The molecule has 2 nitrogen and oxygen atoms in total. The van der Waals surface area contributed by atoms with Gasteiger partial charge in [-0.1, -0.05) is 23.5 Å². The van der Waals surface area contributed by atoms with Gasteiger partial charge in [-0.2, -0.15) is 0 Å². The van der Waals surface area contributed by atoms with Crippen LogP contribution in [0, 0.1) is 0 Å².